The quantitative estimate of drug-likeness (QED) is 0.436. The zero-order chi connectivity index (χ0) is 18.2. The van der Waals surface area contributed by atoms with E-state index in [0.29, 0.717) is 0 Å². The number of hydrogen-bond acceptors (Lipinski definition) is 1. The molecule has 3 aromatic carbocycles. The van der Waals surface area contributed by atoms with E-state index in [4.69, 9.17) is 0 Å². The van der Waals surface area contributed by atoms with Gasteiger partial charge in [0.2, 0.25) is 0 Å². The molecule has 3 rings (SSSR count). The van der Waals surface area contributed by atoms with Crippen molar-refractivity contribution >= 4 is 35.0 Å². The Kier molecular flexibility index (Phi) is 6.50. The fourth-order valence-corrected chi connectivity index (χ4v) is 17.6. The molecule has 0 aliphatic heterocycles. The number of carbonyl (C=O) groups is 1. The molecular weight excluding hydrogens is 425 g/mol. The maximum absolute atomic E-state index is 11.3. The predicted molar refractivity (Wildman–Crippen MR) is 112 cm³/mol. The molecule has 0 saturated carbocycles. The second kappa shape index (κ2) is 9.04. The van der Waals surface area contributed by atoms with Crippen LogP contribution in [0.3, 0.4) is 0 Å². The van der Waals surface area contributed by atoms with Gasteiger partial charge in [0.25, 0.3) is 0 Å². The number of rotatable bonds is 7. The molecule has 0 heterocycles. The van der Waals surface area contributed by atoms with Gasteiger partial charge in [-0.25, -0.2) is 0 Å². The minimum absolute atomic E-state index is 0.0462. The van der Waals surface area contributed by atoms with Crippen molar-refractivity contribution in [2.45, 2.75) is 17.8 Å². The Labute approximate surface area is 160 Å². The average molecular weight is 450 g/mol. The SMILES string of the molecule is CC(=O)NCC[CH2][Sn]([c]1ccccc1)([c]1ccccc1)[c]1ccccc1. The minimum atomic E-state index is -3.13. The molecule has 26 heavy (non-hydrogen) atoms. The Hall–Kier alpha value is -2.07. The van der Waals surface area contributed by atoms with Crippen LogP contribution in [0.1, 0.15) is 13.3 Å². The third-order valence-electron chi connectivity index (χ3n) is 4.90. The molecule has 3 heteroatoms. The van der Waals surface area contributed by atoms with Crippen LogP contribution >= 0.6 is 0 Å². The second-order valence-corrected chi connectivity index (χ2v) is 18.1. The van der Waals surface area contributed by atoms with Gasteiger partial charge >= 0.3 is 160 Å². The third-order valence-corrected chi connectivity index (χ3v) is 19.3. The summed E-state index contributed by atoms with van der Waals surface area (Å²) in [5.74, 6) is 0.0462. The zero-order valence-electron chi connectivity index (χ0n) is 15.2. The summed E-state index contributed by atoms with van der Waals surface area (Å²) in [6, 6.07) is 33.0. The number of carbonyl (C=O) groups excluding carboxylic acids is 1. The molecule has 0 radical (unpaired) electrons. The van der Waals surface area contributed by atoms with Crippen molar-refractivity contribution in [3.63, 3.8) is 0 Å². The van der Waals surface area contributed by atoms with E-state index in [-0.39, 0.29) is 5.91 Å². The number of benzene rings is 3. The van der Waals surface area contributed by atoms with E-state index < -0.39 is 18.4 Å². The molecule has 0 fully saturated rings. The summed E-state index contributed by atoms with van der Waals surface area (Å²) in [6.45, 7) is 2.32. The molecular formula is C23H25NOSn. The molecule has 3 aromatic rings. The van der Waals surface area contributed by atoms with Crippen LogP contribution in [0, 0.1) is 0 Å². The second-order valence-electron chi connectivity index (χ2n) is 6.59. The summed E-state index contributed by atoms with van der Waals surface area (Å²) in [5, 5.41) is 2.97. The normalized spacial score (nSPS) is 11.1. The molecule has 2 nitrogen and oxygen atoms in total. The van der Waals surface area contributed by atoms with Gasteiger partial charge in [-0.1, -0.05) is 0 Å². The molecule has 0 atom stereocenters. The predicted octanol–water partition coefficient (Wildman–Crippen LogP) is 2.68. The monoisotopic (exact) mass is 451 g/mol. The van der Waals surface area contributed by atoms with Gasteiger partial charge in [0, 0.05) is 0 Å². The molecule has 0 unspecified atom stereocenters. The molecule has 1 amide bonds. The third kappa shape index (κ3) is 4.18. The van der Waals surface area contributed by atoms with Crippen molar-refractivity contribution in [1.29, 1.82) is 0 Å². The van der Waals surface area contributed by atoms with Crippen molar-refractivity contribution in [1.82, 2.24) is 5.32 Å². The summed E-state index contributed by atoms with van der Waals surface area (Å²) in [7, 11) is 0. The first-order chi connectivity index (χ1) is 12.7. The van der Waals surface area contributed by atoms with Crippen LogP contribution < -0.4 is 16.1 Å². The Bertz CT molecular complexity index is 722. The van der Waals surface area contributed by atoms with Crippen LogP contribution in [0.2, 0.25) is 4.44 Å². The molecule has 0 saturated heterocycles. The summed E-state index contributed by atoms with van der Waals surface area (Å²) < 4.78 is 5.60. The molecule has 132 valence electrons. The topological polar surface area (TPSA) is 29.1 Å². The van der Waals surface area contributed by atoms with E-state index in [2.05, 4.69) is 96.3 Å². The van der Waals surface area contributed by atoms with Crippen LogP contribution in [0.25, 0.3) is 0 Å². The van der Waals surface area contributed by atoms with Crippen LogP contribution in [0.4, 0.5) is 0 Å². The average Bonchev–Trinajstić information content (AvgIpc) is 2.70. The van der Waals surface area contributed by atoms with Gasteiger partial charge < -0.3 is 0 Å². The van der Waals surface area contributed by atoms with E-state index in [1.54, 1.807) is 6.92 Å². The molecule has 0 bridgehead atoms. The molecule has 0 aliphatic rings. The Morgan fingerprint density at radius 2 is 1.12 bits per heavy atom. The molecule has 1 N–H and O–H groups in total. The maximum atomic E-state index is 11.3. The van der Waals surface area contributed by atoms with Crippen LogP contribution in [-0.4, -0.2) is 30.8 Å². The van der Waals surface area contributed by atoms with Gasteiger partial charge in [0.1, 0.15) is 0 Å². The van der Waals surface area contributed by atoms with Gasteiger partial charge in [0.05, 0.1) is 0 Å². The van der Waals surface area contributed by atoms with Crippen molar-refractivity contribution in [3.05, 3.63) is 91.0 Å². The van der Waals surface area contributed by atoms with E-state index >= 15 is 0 Å². The number of hydrogen-bond donors (Lipinski definition) is 1. The van der Waals surface area contributed by atoms with E-state index in [1.807, 2.05) is 0 Å². The first kappa shape index (κ1) is 18.7. The van der Waals surface area contributed by atoms with Gasteiger partial charge in [-0.05, 0) is 0 Å². The molecule has 0 aromatic heterocycles. The number of amides is 1. The van der Waals surface area contributed by atoms with Crippen LogP contribution in [0.15, 0.2) is 91.0 Å². The Morgan fingerprint density at radius 3 is 1.46 bits per heavy atom. The zero-order valence-corrected chi connectivity index (χ0v) is 18.0. The summed E-state index contributed by atoms with van der Waals surface area (Å²) >= 11 is -3.13. The van der Waals surface area contributed by atoms with Gasteiger partial charge in [-0.3, -0.25) is 0 Å². The summed E-state index contributed by atoms with van der Waals surface area (Å²) in [4.78, 5) is 11.3. The number of nitrogens with one attached hydrogen (secondary N) is 1. The summed E-state index contributed by atoms with van der Waals surface area (Å²) in [5.41, 5.74) is 0. The first-order valence-corrected chi connectivity index (χ1v) is 15.4. The van der Waals surface area contributed by atoms with Crippen LogP contribution in [-0.2, 0) is 4.79 Å². The Morgan fingerprint density at radius 1 is 0.731 bits per heavy atom. The van der Waals surface area contributed by atoms with Crippen LogP contribution in [0.5, 0.6) is 0 Å². The molecule has 0 aliphatic carbocycles. The fourth-order valence-electron chi connectivity index (χ4n) is 3.72. The van der Waals surface area contributed by atoms with E-state index in [0.717, 1.165) is 17.4 Å². The van der Waals surface area contributed by atoms with Crippen molar-refractivity contribution in [3.8, 4) is 0 Å². The van der Waals surface area contributed by atoms with Gasteiger partial charge in [0.15, 0.2) is 0 Å². The van der Waals surface area contributed by atoms with E-state index in [9.17, 15) is 4.79 Å². The fraction of sp³-hybridized carbons (Fsp3) is 0.174. The Balaban J connectivity index is 2.10. The van der Waals surface area contributed by atoms with Crippen molar-refractivity contribution in [2.75, 3.05) is 6.54 Å². The standard InChI is InChI=1S/3C6H5.C5H10NO.Sn/c3*1-2-4-6-5-3-1;1-3-4-6-5(2)7;/h3*1-5H;1,3-4H2,2H3,(H,6,7);. The van der Waals surface area contributed by atoms with Crippen molar-refractivity contribution < 1.29 is 4.79 Å². The van der Waals surface area contributed by atoms with Gasteiger partial charge in [-0.2, -0.15) is 0 Å². The first-order valence-electron chi connectivity index (χ1n) is 9.14. The van der Waals surface area contributed by atoms with Crippen molar-refractivity contribution in [2.24, 2.45) is 0 Å². The summed E-state index contributed by atoms with van der Waals surface area (Å²) in [6.07, 6.45) is 0.994. The van der Waals surface area contributed by atoms with Gasteiger partial charge in [-0.15, -0.1) is 0 Å². The molecule has 0 spiro atoms. The van der Waals surface area contributed by atoms with E-state index in [1.165, 1.54) is 10.7 Å².